The Bertz CT molecular complexity index is 588. The number of hydrogen-bond donors (Lipinski definition) is 3. The molecule has 1 atom stereocenters. The van der Waals surface area contributed by atoms with Gasteiger partial charge in [0, 0.05) is 13.0 Å². The van der Waals surface area contributed by atoms with Gasteiger partial charge in [-0.1, -0.05) is 12.1 Å². The molecule has 0 aromatic heterocycles. The minimum Gasteiger partial charge on any atom is -0.494 e. The van der Waals surface area contributed by atoms with E-state index in [4.69, 9.17) is 4.74 Å². The summed E-state index contributed by atoms with van der Waals surface area (Å²) in [4.78, 5) is 33.9. The van der Waals surface area contributed by atoms with Crippen LogP contribution in [0.5, 0.6) is 5.75 Å². The number of amides is 4. The third-order valence-corrected chi connectivity index (χ3v) is 3.42. The molecule has 4 amide bonds. The predicted molar refractivity (Wildman–Crippen MR) is 84.0 cm³/mol. The first-order valence-electron chi connectivity index (χ1n) is 7.62. The molecule has 0 bridgehead atoms. The van der Waals surface area contributed by atoms with Gasteiger partial charge >= 0.3 is 6.03 Å². The number of aryl methyl sites for hydroxylation is 1. The molecule has 1 aliphatic rings. The van der Waals surface area contributed by atoms with Crippen LogP contribution in [0, 0.1) is 6.92 Å². The van der Waals surface area contributed by atoms with Gasteiger partial charge in [0.15, 0.2) is 0 Å². The fourth-order valence-electron chi connectivity index (χ4n) is 2.22. The minimum absolute atomic E-state index is 0.144. The van der Waals surface area contributed by atoms with Gasteiger partial charge in [-0.25, -0.2) is 4.79 Å². The van der Waals surface area contributed by atoms with Gasteiger partial charge in [-0.15, -0.1) is 0 Å². The van der Waals surface area contributed by atoms with E-state index in [0.717, 1.165) is 11.3 Å². The highest BCUT2D eigenvalue weighted by molar-refractivity contribution is 6.04. The van der Waals surface area contributed by atoms with Gasteiger partial charge in [0.05, 0.1) is 6.61 Å². The monoisotopic (exact) mass is 319 g/mol. The van der Waals surface area contributed by atoms with Crippen LogP contribution in [0.1, 0.15) is 24.8 Å². The lowest BCUT2D eigenvalue weighted by atomic mass is 10.1. The number of ether oxygens (including phenoxy) is 1. The normalized spacial score (nSPS) is 16.7. The summed E-state index contributed by atoms with van der Waals surface area (Å²) < 4.78 is 5.58. The summed E-state index contributed by atoms with van der Waals surface area (Å²) in [6, 6.07) is 6.67. The molecule has 1 heterocycles. The first-order chi connectivity index (χ1) is 11.0. The number of nitrogens with one attached hydrogen (secondary N) is 3. The summed E-state index contributed by atoms with van der Waals surface area (Å²) in [6.07, 6.45) is 1.18. The van der Waals surface area contributed by atoms with Gasteiger partial charge < -0.3 is 15.4 Å². The zero-order chi connectivity index (χ0) is 16.7. The average molecular weight is 319 g/mol. The molecule has 124 valence electrons. The number of carbonyl (C=O) groups is 3. The molecule has 23 heavy (non-hydrogen) atoms. The second-order valence-electron chi connectivity index (χ2n) is 5.42. The van der Waals surface area contributed by atoms with Crippen LogP contribution in [0.4, 0.5) is 4.79 Å². The molecular weight excluding hydrogens is 298 g/mol. The number of hydrogen-bond acceptors (Lipinski definition) is 4. The summed E-state index contributed by atoms with van der Waals surface area (Å²) in [5.41, 5.74) is 1.14. The van der Waals surface area contributed by atoms with Crippen molar-refractivity contribution in [2.45, 2.75) is 32.2 Å². The zero-order valence-corrected chi connectivity index (χ0v) is 13.1. The Morgan fingerprint density at radius 1 is 1.35 bits per heavy atom. The fraction of sp³-hybridized carbons (Fsp3) is 0.438. The van der Waals surface area contributed by atoms with E-state index in [9.17, 15) is 14.4 Å². The van der Waals surface area contributed by atoms with Crippen molar-refractivity contribution >= 4 is 17.8 Å². The van der Waals surface area contributed by atoms with Crippen molar-refractivity contribution < 1.29 is 19.1 Å². The Labute approximate surface area is 134 Å². The standard InChI is InChI=1S/C16H21N3O4/c1-11-4-2-5-12(10-11)23-9-3-8-17-14(20)7-6-13-15(21)19-16(22)18-13/h2,4-5,10,13H,3,6-9H2,1H3,(H,17,20)(H2,18,19,21,22)/t13-/m1/s1. The van der Waals surface area contributed by atoms with Gasteiger partial charge in [0.25, 0.3) is 5.91 Å². The largest absolute Gasteiger partial charge is 0.494 e. The van der Waals surface area contributed by atoms with Crippen LogP contribution in [0.25, 0.3) is 0 Å². The Morgan fingerprint density at radius 2 is 2.17 bits per heavy atom. The smallest absolute Gasteiger partial charge is 0.322 e. The number of imide groups is 1. The van der Waals surface area contributed by atoms with Crippen LogP contribution in [0.2, 0.25) is 0 Å². The molecule has 0 radical (unpaired) electrons. The molecule has 1 fully saturated rings. The Kier molecular flexibility index (Phi) is 5.96. The molecule has 7 heteroatoms. The topological polar surface area (TPSA) is 96.5 Å². The van der Waals surface area contributed by atoms with Crippen LogP contribution >= 0.6 is 0 Å². The molecule has 0 spiro atoms. The van der Waals surface area contributed by atoms with E-state index in [1.54, 1.807) is 0 Å². The minimum atomic E-state index is -0.613. The van der Waals surface area contributed by atoms with Crippen molar-refractivity contribution in [2.75, 3.05) is 13.2 Å². The van der Waals surface area contributed by atoms with E-state index >= 15 is 0 Å². The van der Waals surface area contributed by atoms with Gasteiger partial charge in [-0.2, -0.15) is 0 Å². The molecule has 1 saturated heterocycles. The maximum Gasteiger partial charge on any atom is 0.322 e. The lowest BCUT2D eigenvalue weighted by Gasteiger charge is -2.09. The first-order valence-corrected chi connectivity index (χ1v) is 7.62. The van der Waals surface area contributed by atoms with Crippen molar-refractivity contribution in [1.29, 1.82) is 0 Å². The van der Waals surface area contributed by atoms with Crippen molar-refractivity contribution in [3.05, 3.63) is 29.8 Å². The van der Waals surface area contributed by atoms with Crippen LogP contribution < -0.4 is 20.7 Å². The van der Waals surface area contributed by atoms with E-state index in [1.807, 2.05) is 31.2 Å². The van der Waals surface area contributed by atoms with Crippen LogP contribution in [-0.2, 0) is 9.59 Å². The van der Waals surface area contributed by atoms with Crippen molar-refractivity contribution in [3.63, 3.8) is 0 Å². The number of carbonyl (C=O) groups excluding carboxylic acids is 3. The molecule has 0 unspecified atom stereocenters. The number of rotatable bonds is 8. The van der Waals surface area contributed by atoms with E-state index < -0.39 is 12.1 Å². The zero-order valence-electron chi connectivity index (χ0n) is 13.1. The van der Waals surface area contributed by atoms with Crippen LogP contribution in [0.15, 0.2) is 24.3 Å². The molecule has 1 aromatic rings. The first kappa shape index (κ1) is 16.8. The molecule has 0 saturated carbocycles. The molecule has 7 nitrogen and oxygen atoms in total. The molecule has 1 aliphatic heterocycles. The van der Waals surface area contributed by atoms with E-state index in [1.165, 1.54) is 0 Å². The Balaban J connectivity index is 1.55. The summed E-state index contributed by atoms with van der Waals surface area (Å²) in [5, 5.41) is 7.36. The second-order valence-corrected chi connectivity index (χ2v) is 5.42. The average Bonchev–Trinajstić information content (AvgIpc) is 2.83. The molecule has 1 aromatic carbocycles. The molecule has 0 aliphatic carbocycles. The highest BCUT2D eigenvalue weighted by Crippen LogP contribution is 2.12. The Hall–Kier alpha value is -2.57. The summed E-state index contributed by atoms with van der Waals surface area (Å²) in [7, 11) is 0. The van der Waals surface area contributed by atoms with E-state index in [2.05, 4.69) is 16.0 Å². The van der Waals surface area contributed by atoms with Gasteiger partial charge in [0.1, 0.15) is 11.8 Å². The lowest BCUT2D eigenvalue weighted by molar-refractivity contribution is -0.122. The van der Waals surface area contributed by atoms with Crippen molar-refractivity contribution in [1.82, 2.24) is 16.0 Å². The van der Waals surface area contributed by atoms with E-state index in [0.29, 0.717) is 26.0 Å². The summed E-state index contributed by atoms with van der Waals surface area (Å²) in [6.45, 7) is 3.03. The SMILES string of the molecule is Cc1cccc(OCCCNC(=O)CC[C@H]2NC(=O)NC2=O)c1. The maximum atomic E-state index is 11.7. The fourth-order valence-corrected chi connectivity index (χ4v) is 2.22. The van der Waals surface area contributed by atoms with Crippen LogP contribution in [0.3, 0.4) is 0 Å². The van der Waals surface area contributed by atoms with Gasteiger partial charge in [-0.05, 0) is 37.5 Å². The Morgan fingerprint density at radius 3 is 2.87 bits per heavy atom. The van der Waals surface area contributed by atoms with Gasteiger partial charge in [0.2, 0.25) is 5.91 Å². The lowest BCUT2D eigenvalue weighted by Crippen LogP contribution is -2.32. The predicted octanol–water partition coefficient (Wildman–Crippen LogP) is 0.868. The quantitative estimate of drug-likeness (QED) is 0.489. The molecular formula is C16H21N3O4. The van der Waals surface area contributed by atoms with Crippen molar-refractivity contribution in [2.24, 2.45) is 0 Å². The highest BCUT2D eigenvalue weighted by atomic mass is 16.5. The maximum absolute atomic E-state index is 11.7. The van der Waals surface area contributed by atoms with Gasteiger partial charge in [-0.3, -0.25) is 14.9 Å². The second kappa shape index (κ2) is 8.17. The highest BCUT2D eigenvalue weighted by Gasteiger charge is 2.29. The third kappa shape index (κ3) is 5.61. The third-order valence-electron chi connectivity index (χ3n) is 3.42. The summed E-state index contributed by atoms with van der Waals surface area (Å²) >= 11 is 0. The molecule has 2 rings (SSSR count). The van der Waals surface area contributed by atoms with Crippen molar-refractivity contribution in [3.8, 4) is 5.75 Å². The van der Waals surface area contributed by atoms with E-state index in [-0.39, 0.29) is 18.2 Å². The number of urea groups is 1. The molecule has 3 N–H and O–H groups in total. The number of benzene rings is 1. The van der Waals surface area contributed by atoms with Crippen LogP contribution in [-0.4, -0.2) is 37.0 Å². The summed E-state index contributed by atoms with van der Waals surface area (Å²) in [5.74, 6) is 0.295.